The maximum Gasteiger partial charge on any atom is 0.256 e. The number of piperidine rings is 1. The van der Waals surface area contributed by atoms with E-state index < -0.39 is 0 Å². The number of nitrogen functional groups attached to an aromatic ring is 1. The van der Waals surface area contributed by atoms with Crippen LogP contribution in [0.2, 0.25) is 0 Å². The Hall–Kier alpha value is -1.51. The van der Waals surface area contributed by atoms with Crippen LogP contribution in [0.1, 0.15) is 41.2 Å². The molecule has 0 bridgehead atoms. The summed E-state index contributed by atoms with van der Waals surface area (Å²) in [4.78, 5) is 14.1. The van der Waals surface area contributed by atoms with Crippen LogP contribution >= 0.6 is 0 Å². The Bertz CT molecular complexity index is 428. The zero-order chi connectivity index (χ0) is 10.4. The monoisotopic (exact) mass is 202 g/mol. The van der Waals surface area contributed by atoms with Crippen LogP contribution < -0.4 is 5.73 Å². The number of rotatable bonds is 0. The third kappa shape index (κ3) is 1.09. The predicted molar refractivity (Wildman–Crippen MR) is 58.5 cm³/mol. The van der Waals surface area contributed by atoms with E-state index in [0.29, 0.717) is 11.7 Å². The molecule has 1 aromatic rings. The number of carbonyl (C=O) groups is 1. The van der Waals surface area contributed by atoms with Crippen molar-refractivity contribution in [3.8, 4) is 0 Å². The van der Waals surface area contributed by atoms with Gasteiger partial charge in [-0.05, 0) is 30.9 Å². The molecule has 1 unspecified atom stereocenters. The van der Waals surface area contributed by atoms with E-state index in [0.717, 1.165) is 30.5 Å². The van der Waals surface area contributed by atoms with Crippen LogP contribution in [-0.4, -0.2) is 17.4 Å². The van der Waals surface area contributed by atoms with Crippen molar-refractivity contribution in [2.45, 2.75) is 25.3 Å². The minimum Gasteiger partial charge on any atom is -0.398 e. The smallest absolute Gasteiger partial charge is 0.256 e. The van der Waals surface area contributed by atoms with E-state index in [1.807, 2.05) is 23.1 Å². The molecule has 2 aliphatic rings. The summed E-state index contributed by atoms with van der Waals surface area (Å²) < 4.78 is 0. The highest BCUT2D eigenvalue weighted by Gasteiger charge is 2.38. The van der Waals surface area contributed by atoms with Gasteiger partial charge in [-0.1, -0.05) is 12.1 Å². The fourth-order valence-electron chi connectivity index (χ4n) is 2.76. The Balaban J connectivity index is 2.15. The Morgan fingerprint density at radius 3 is 3.07 bits per heavy atom. The number of nitrogens with zero attached hydrogens (tertiary/aromatic N) is 1. The molecule has 1 saturated heterocycles. The molecule has 2 N–H and O–H groups in total. The second-order valence-electron chi connectivity index (χ2n) is 4.32. The van der Waals surface area contributed by atoms with Gasteiger partial charge in [0.15, 0.2) is 0 Å². The molecule has 3 heteroatoms. The average molecular weight is 202 g/mol. The predicted octanol–water partition coefficient (Wildman–Crippen LogP) is 1.95. The van der Waals surface area contributed by atoms with Crippen LogP contribution in [0.4, 0.5) is 5.69 Å². The molecule has 0 saturated carbocycles. The lowest BCUT2D eigenvalue weighted by atomic mass is 9.97. The van der Waals surface area contributed by atoms with Crippen molar-refractivity contribution in [2.75, 3.05) is 12.3 Å². The molecule has 1 amide bonds. The third-order valence-corrected chi connectivity index (χ3v) is 3.47. The Morgan fingerprint density at radius 1 is 1.33 bits per heavy atom. The molecular weight excluding hydrogens is 188 g/mol. The minimum atomic E-state index is 0.132. The first-order chi connectivity index (χ1) is 7.29. The molecule has 0 aromatic heterocycles. The zero-order valence-corrected chi connectivity index (χ0v) is 8.57. The average Bonchev–Trinajstić information content (AvgIpc) is 2.55. The topological polar surface area (TPSA) is 46.3 Å². The number of amides is 1. The van der Waals surface area contributed by atoms with Gasteiger partial charge in [-0.2, -0.15) is 0 Å². The minimum absolute atomic E-state index is 0.132. The molecule has 78 valence electrons. The van der Waals surface area contributed by atoms with Gasteiger partial charge in [-0.3, -0.25) is 4.79 Å². The van der Waals surface area contributed by atoms with E-state index in [1.54, 1.807) is 0 Å². The van der Waals surface area contributed by atoms with Crippen molar-refractivity contribution >= 4 is 11.6 Å². The summed E-state index contributed by atoms with van der Waals surface area (Å²) in [5, 5.41) is 0. The number of hydrogen-bond donors (Lipinski definition) is 1. The zero-order valence-electron chi connectivity index (χ0n) is 8.57. The van der Waals surface area contributed by atoms with Crippen LogP contribution in [0.5, 0.6) is 0 Å². The molecular formula is C12H14N2O. The van der Waals surface area contributed by atoms with E-state index in [4.69, 9.17) is 5.73 Å². The second kappa shape index (κ2) is 2.99. The maximum absolute atomic E-state index is 12.1. The number of hydrogen-bond acceptors (Lipinski definition) is 2. The largest absolute Gasteiger partial charge is 0.398 e. The standard InChI is InChI=1S/C12H14N2O/c13-9-5-3-4-8-10-6-1-2-7-14(10)12(15)11(8)9/h3-5,10H,1-2,6-7,13H2. The van der Waals surface area contributed by atoms with Gasteiger partial charge >= 0.3 is 0 Å². The van der Waals surface area contributed by atoms with Gasteiger partial charge < -0.3 is 10.6 Å². The number of anilines is 1. The van der Waals surface area contributed by atoms with Crippen LogP contribution in [0.15, 0.2) is 18.2 Å². The highest BCUT2D eigenvalue weighted by Crippen LogP contribution is 2.41. The van der Waals surface area contributed by atoms with E-state index in [2.05, 4.69) is 0 Å². The van der Waals surface area contributed by atoms with Crippen LogP contribution in [-0.2, 0) is 0 Å². The van der Waals surface area contributed by atoms with Gasteiger partial charge in [-0.15, -0.1) is 0 Å². The van der Waals surface area contributed by atoms with Crippen LogP contribution in [0.3, 0.4) is 0 Å². The van der Waals surface area contributed by atoms with Crippen molar-refractivity contribution in [2.24, 2.45) is 0 Å². The third-order valence-electron chi connectivity index (χ3n) is 3.47. The second-order valence-corrected chi connectivity index (χ2v) is 4.32. The SMILES string of the molecule is Nc1cccc2c1C(=O)N1CCCCC21. The number of benzene rings is 1. The lowest BCUT2D eigenvalue weighted by molar-refractivity contribution is 0.0672. The number of nitrogens with two attached hydrogens (primary N) is 1. The highest BCUT2D eigenvalue weighted by atomic mass is 16.2. The van der Waals surface area contributed by atoms with Crippen molar-refractivity contribution in [1.82, 2.24) is 4.90 Å². The maximum atomic E-state index is 12.1. The van der Waals surface area contributed by atoms with Gasteiger partial charge in [-0.25, -0.2) is 0 Å². The molecule has 2 heterocycles. The van der Waals surface area contributed by atoms with Crippen LogP contribution in [0.25, 0.3) is 0 Å². The molecule has 1 fully saturated rings. The molecule has 0 aliphatic carbocycles. The number of fused-ring (bicyclic) bond motifs is 3. The summed E-state index contributed by atoms with van der Waals surface area (Å²) in [7, 11) is 0. The summed E-state index contributed by atoms with van der Waals surface area (Å²) in [6.07, 6.45) is 3.42. The van der Waals surface area contributed by atoms with Crippen molar-refractivity contribution in [3.05, 3.63) is 29.3 Å². The van der Waals surface area contributed by atoms with E-state index in [9.17, 15) is 4.79 Å². The Morgan fingerprint density at radius 2 is 2.20 bits per heavy atom. The number of carbonyl (C=O) groups excluding carboxylic acids is 1. The van der Waals surface area contributed by atoms with Crippen LogP contribution in [0, 0.1) is 0 Å². The van der Waals surface area contributed by atoms with Gasteiger partial charge in [0.1, 0.15) is 0 Å². The molecule has 1 aromatic carbocycles. The van der Waals surface area contributed by atoms with E-state index >= 15 is 0 Å². The summed E-state index contributed by atoms with van der Waals surface area (Å²) in [5.74, 6) is 0.132. The molecule has 15 heavy (non-hydrogen) atoms. The van der Waals surface area contributed by atoms with Crippen molar-refractivity contribution in [1.29, 1.82) is 0 Å². The lowest BCUT2D eigenvalue weighted by Gasteiger charge is -2.29. The van der Waals surface area contributed by atoms with Crippen molar-refractivity contribution < 1.29 is 4.79 Å². The summed E-state index contributed by atoms with van der Waals surface area (Å²) >= 11 is 0. The summed E-state index contributed by atoms with van der Waals surface area (Å²) in [6, 6.07) is 6.10. The van der Waals surface area contributed by atoms with Gasteiger partial charge in [0.2, 0.25) is 0 Å². The van der Waals surface area contributed by atoms with Crippen molar-refractivity contribution in [3.63, 3.8) is 0 Å². The van der Waals surface area contributed by atoms with Gasteiger partial charge in [0, 0.05) is 12.2 Å². The molecule has 2 aliphatic heterocycles. The first kappa shape index (κ1) is 8.77. The molecule has 3 rings (SSSR count). The molecule has 0 spiro atoms. The lowest BCUT2D eigenvalue weighted by Crippen LogP contribution is -2.32. The molecule has 0 radical (unpaired) electrons. The summed E-state index contributed by atoms with van der Waals surface area (Å²) in [6.45, 7) is 0.887. The van der Waals surface area contributed by atoms with Gasteiger partial charge in [0.25, 0.3) is 5.91 Å². The highest BCUT2D eigenvalue weighted by molar-refractivity contribution is 6.03. The molecule has 3 nitrogen and oxygen atoms in total. The summed E-state index contributed by atoms with van der Waals surface area (Å²) in [5.41, 5.74) is 8.39. The Labute approximate surface area is 88.9 Å². The first-order valence-corrected chi connectivity index (χ1v) is 5.48. The Kier molecular flexibility index (Phi) is 1.75. The fraction of sp³-hybridized carbons (Fsp3) is 0.417. The first-order valence-electron chi connectivity index (χ1n) is 5.48. The van der Waals surface area contributed by atoms with E-state index in [-0.39, 0.29) is 5.91 Å². The van der Waals surface area contributed by atoms with E-state index in [1.165, 1.54) is 6.42 Å². The normalized spacial score (nSPS) is 23.9. The molecule has 1 atom stereocenters. The van der Waals surface area contributed by atoms with Gasteiger partial charge in [0.05, 0.1) is 11.6 Å². The quantitative estimate of drug-likeness (QED) is 0.653. The fourth-order valence-corrected chi connectivity index (χ4v) is 2.76.